The minimum Gasteiger partial charge on any atom is -0.478 e. The van der Waals surface area contributed by atoms with E-state index < -0.39 is 5.97 Å². The zero-order chi connectivity index (χ0) is 21.1. The van der Waals surface area contributed by atoms with Crippen molar-refractivity contribution in [3.63, 3.8) is 0 Å². The van der Waals surface area contributed by atoms with Crippen molar-refractivity contribution in [2.45, 2.75) is 13.3 Å². The van der Waals surface area contributed by atoms with Crippen LogP contribution in [0.3, 0.4) is 0 Å². The number of benzene rings is 2. The molecule has 0 saturated carbocycles. The summed E-state index contributed by atoms with van der Waals surface area (Å²) in [4.78, 5) is 28.8. The second-order valence-corrected chi connectivity index (χ2v) is 7.32. The van der Waals surface area contributed by atoms with Gasteiger partial charge in [-0.3, -0.25) is 10.1 Å². The molecule has 0 unspecified atom stereocenters. The highest BCUT2D eigenvalue weighted by atomic mass is 32.1. The van der Waals surface area contributed by atoms with Gasteiger partial charge in [-0.1, -0.05) is 42.4 Å². The number of nitrogens with zero attached hydrogens (tertiary/aromatic N) is 2. The van der Waals surface area contributed by atoms with Gasteiger partial charge in [0.1, 0.15) is 5.01 Å². The Labute approximate surface area is 176 Å². The van der Waals surface area contributed by atoms with E-state index >= 15 is 0 Å². The molecule has 150 valence electrons. The SMILES string of the molecule is CCc1ccc(C(=O)Nc2onc(-c3nccs3)c2-c2ccccc2C(=O)O)cc1. The number of aromatic carboxylic acids is 1. The van der Waals surface area contributed by atoms with Crippen molar-refractivity contribution >= 4 is 29.1 Å². The summed E-state index contributed by atoms with van der Waals surface area (Å²) in [5, 5.41) is 18.8. The lowest BCUT2D eigenvalue weighted by Crippen LogP contribution is -2.12. The number of amides is 1. The smallest absolute Gasteiger partial charge is 0.336 e. The molecular formula is C22H17N3O4S. The molecule has 2 heterocycles. The third-order valence-corrected chi connectivity index (χ3v) is 5.39. The van der Waals surface area contributed by atoms with E-state index in [0.717, 1.165) is 12.0 Å². The van der Waals surface area contributed by atoms with Crippen molar-refractivity contribution in [1.82, 2.24) is 10.1 Å². The molecular weight excluding hydrogens is 402 g/mol. The predicted molar refractivity (Wildman–Crippen MR) is 114 cm³/mol. The summed E-state index contributed by atoms with van der Waals surface area (Å²) in [6, 6.07) is 13.7. The second kappa shape index (κ2) is 8.30. The number of aryl methyl sites for hydroxylation is 1. The van der Waals surface area contributed by atoms with Crippen molar-refractivity contribution in [3.05, 3.63) is 76.8 Å². The Hall–Kier alpha value is -3.78. The summed E-state index contributed by atoms with van der Waals surface area (Å²) in [6.45, 7) is 2.04. The van der Waals surface area contributed by atoms with Crippen LogP contribution >= 0.6 is 11.3 Å². The first-order chi connectivity index (χ1) is 14.6. The molecule has 2 N–H and O–H groups in total. The monoisotopic (exact) mass is 419 g/mol. The summed E-state index contributed by atoms with van der Waals surface area (Å²) in [5.74, 6) is -1.41. The lowest BCUT2D eigenvalue weighted by Gasteiger charge is -2.08. The van der Waals surface area contributed by atoms with Crippen LogP contribution in [0.4, 0.5) is 5.88 Å². The molecule has 0 bridgehead atoms. The number of carbonyl (C=O) groups is 2. The minimum atomic E-state index is -1.09. The molecule has 0 saturated heterocycles. The summed E-state index contributed by atoms with van der Waals surface area (Å²) >= 11 is 1.34. The van der Waals surface area contributed by atoms with Crippen LogP contribution in [0.15, 0.2) is 64.6 Å². The van der Waals surface area contributed by atoms with Crippen LogP contribution < -0.4 is 5.32 Å². The van der Waals surface area contributed by atoms with Gasteiger partial charge in [0.05, 0.1) is 11.1 Å². The van der Waals surface area contributed by atoms with Gasteiger partial charge in [-0.2, -0.15) is 0 Å². The van der Waals surface area contributed by atoms with Crippen molar-refractivity contribution in [1.29, 1.82) is 0 Å². The van der Waals surface area contributed by atoms with E-state index in [1.165, 1.54) is 17.4 Å². The fraction of sp³-hybridized carbons (Fsp3) is 0.0909. The van der Waals surface area contributed by atoms with Gasteiger partial charge in [-0.25, -0.2) is 9.78 Å². The molecule has 0 radical (unpaired) electrons. The second-order valence-electron chi connectivity index (χ2n) is 6.43. The average molecular weight is 419 g/mol. The van der Waals surface area contributed by atoms with Gasteiger partial charge in [0.25, 0.3) is 5.91 Å². The number of aromatic nitrogens is 2. The van der Waals surface area contributed by atoms with Crippen molar-refractivity contribution < 1.29 is 19.2 Å². The molecule has 30 heavy (non-hydrogen) atoms. The average Bonchev–Trinajstić information content (AvgIpc) is 3.43. The number of hydrogen-bond donors (Lipinski definition) is 2. The van der Waals surface area contributed by atoms with Crippen molar-refractivity contribution in [2.24, 2.45) is 0 Å². The van der Waals surface area contributed by atoms with Crippen LogP contribution in [-0.4, -0.2) is 27.1 Å². The summed E-state index contributed by atoms with van der Waals surface area (Å²) in [7, 11) is 0. The topological polar surface area (TPSA) is 105 Å². The van der Waals surface area contributed by atoms with Crippen LogP contribution in [0.2, 0.25) is 0 Å². The first-order valence-electron chi connectivity index (χ1n) is 9.21. The van der Waals surface area contributed by atoms with Crippen LogP contribution in [0.1, 0.15) is 33.2 Å². The van der Waals surface area contributed by atoms with Crippen LogP contribution in [-0.2, 0) is 6.42 Å². The molecule has 4 rings (SSSR count). The number of nitrogens with one attached hydrogen (secondary N) is 1. The van der Waals surface area contributed by atoms with E-state index in [1.807, 2.05) is 19.1 Å². The molecule has 0 atom stereocenters. The molecule has 2 aromatic carbocycles. The number of anilines is 1. The van der Waals surface area contributed by atoms with Gasteiger partial charge in [-0.05, 0) is 30.2 Å². The lowest BCUT2D eigenvalue weighted by atomic mass is 9.99. The summed E-state index contributed by atoms with van der Waals surface area (Å²) in [6.07, 6.45) is 2.49. The highest BCUT2D eigenvalue weighted by Crippen LogP contribution is 2.40. The molecule has 2 aromatic heterocycles. The third-order valence-electron chi connectivity index (χ3n) is 4.61. The molecule has 0 aliphatic rings. The Morgan fingerprint density at radius 2 is 1.90 bits per heavy atom. The van der Waals surface area contributed by atoms with E-state index in [-0.39, 0.29) is 17.4 Å². The van der Waals surface area contributed by atoms with Gasteiger partial charge in [0, 0.05) is 22.7 Å². The van der Waals surface area contributed by atoms with Gasteiger partial charge >= 0.3 is 5.97 Å². The highest BCUT2D eigenvalue weighted by Gasteiger charge is 2.26. The maximum absolute atomic E-state index is 12.8. The molecule has 0 aliphatic heterocycles. The predicted octanol–water partition coefficient (Wildman–Crippen LogP) is 4.98. The number of carboxylic acid groups (broad SMARTS) is 1. The minimum absolute atomic E-state index is 0.0680. The van der Waals surface area contributed by atoms with E-state index in [2.05, 4.69) is 15.5 Å². The van der Waals surface area contributed by atoms with Crippen molar-refractivity contribution in [2.75, 3.05) is 5.32 Å². The fourth-order valence-corrected chi connectivity index (χ4v) is 3.69. The Morgan fingerprint density at radius 1 is 1.13 bits per heavy atom. The zero-order valence-electron chi connectivity index (χ0n) is 16.0. The third kappa shape index (κ3) is 3.72. The van der Waals surface area contributed by atoms with E-state index in [1.54, 1.807) is 41.9 Å². The lowest BCUT2D eigenvalue weighted by molar-refractivity contribution is 0.0697. The standard InChI is InChI=1S/C22H17N3O4S/c1-2-13-7-9-14(10-8-13)19(26)24-20-17(15-5-3-4-6-16(15)22(27)28)18(25-29-20)21-23-11-12-30-21/h3-12H,2H2,1H3,(H,24,26)(H,27,28). The summed E-state index contributed by atoms with van der Waals surface area (Å²) < 4.78 is 5.44. The van der Waals surface area contributed by atoms with Crippen LogP contribution in [0.5, 0.6) is 0 Å². The maximum atomic E-state index is 12.8. The van der Waals surface area contributed by atoms with Gasteiger partial charge in [-0.15, -0.1) is 11.3 Å². The van der Waals surface area contributed by atoms with Crippen molar-refractivity contribution in [3.8, 4) is 21.8 Å². The molecule has 8 heteroatoms. The van der Waals surface area contributed by atoms with E-state index in [4.69, 9.17) is 4.52 Å². The van der Waals surface area contributed by atoms with Gasteiger partial charge in [0.2, 0.25) is 5.88 Å². The normalized spacial score (nSPS) is 10.7. The number of hydrogen-bond acceptors (Lipinski definition) is 6. The zero-order valence-corrected chi connectivity index (χ0v) is 16.8. The Balaban J connectivity index is 1.79. The summed E-state index contributed by atoms with van der Waals surface area (Å²) in [5.41, 5.74) is 2.77. The van der Waals surface area contributed by atoms with Crippen LogP contribution in [0.25, 0.3) is 21.8 Å². The highest BCUT2D eigenvalue weighted by molar-refractivity contribution is 7.13. The quantitative estimate of drug-likeness (QED) is 0.457. The number of thiazole rings is 1. The molecule has 0 aliphatic carbocycles. The van der Waals surface area contributed by atoms with E-state index in [9.17, 15) is 14.7 Å². The first kappa shape index (κ1) is 19.5. The first-order valence-corrected chi connectivity index (χ1v) is 10.1. The Morgan fingerprint density at radius 3 is 2.57 bits per heavy atom. The molecule has 7 nitrogen and oxygen atoms in total. The van der Waals surface area contributed by atoms with E-state index in [0.29, 0.717) is 27.4 Å². The molecule has 0 fully saturated rings. The number of carboxylic acids is 1. The molecule has 1 amide bonds. The fourth-order valence-electron chi connectivity index (χ4n) is 3.07. The molecule has 0 spiro atoms. The van der Waals surface area contributed by atoms with Crippen LogP contribution in [0, 0.1) is 0 Å². The number of carbonyl (C=O) groups excluding carboxylic acids is 1. The Bertz CT molecular complexity index is 1200. The van der Waals surface area contributed by atoms with Gasteiger partial charge in [0.15, 0.2) is 5.69 Å². The Kier molecular flexibility index (Phi) is 5.40. The largest absolute Gasteiger partial charge is 0.478 e. The maximum Gasteiger partial charge on any atom is 0.336 e. The van der Waals surface area contributed by atoms with Gasteiger partial charge < -0.3 is 9.63 Å². The molecule has 4 aromatic rings. The number of rotatable bonds is 6.